The van der Waals surface area contributed by atoms with Crippen molar-refractivity contribution >= 4 is 34.6 Å². The summed E-state index contributed by atoms with van der Waals surface area (Å²) in [7, 11) is 1.74. The van der Waals surface area contributed by atoms with E-state index in [1.165, 1.54) is 17.3 Å². The molecule has 25 heavy (non-hydrogen) atoms. The molecule has 0 spiro atoms. The topological polar surface area (TPSA) is 51.1 Å². The summed E-state index contributed by atoms with van der Waals surface area (Å²) in [5, 5.41) is 0.667. The molecular weight excluding hydrogens is 336 g/mol. The number of likely N-dealkylation sites (N-methyl/N-ethyl adjacent to an activating group) is 1. The standard InChI is InChI=1S/C19H16N2O3S/c1-12-3-6-14(7-4-12)20-19-21(2)18(22)17(25-19)10-13-5-8-15-16(9-13)24-11-23-15/h3-10H,11H2,1-2H3/b17-10+,20-19?. The van der Waals surface area contributed by atoms with Gasteiger partial charge in [-0.3, -0.25) is 9.69 Å². The second-order valence-electron chi connectivity index (χ2n) is 5.82. The minimum absolute atomic E-state index is 0.0615. The monoisotopic (exact) mass is 352 g/mol. The highest BCUT2D eigenvalue weighted by Gasteiger charge is 2.30. The molecule has 5 nitrogen and oxygen atoms in total. The fourth-order valence-electron chi connectivity index (χ4n) is 2.54. The quantitative estimate of drug-likeness (QED) is 0.768. The van der Waals surface area contributed by atoms with Crippen LogP contribution in [-0.4, -0.2) is 29.8 Å². The fourth-order valence-corrected chi connectivity index (χ4v) is 3.52. The molecule has 0 radical (unpaired) electrons. The van der Waals surface area contributed by atoms with Crippen molar-refractivity contribution in [2.75, 3.05) is 13.8 Å². The first kappa shape index (κ1) is 15.8. The van der Waals surface area contributed by atoms with E-state index < -0.39 is 0 Å². The van der Waals surface area contributed by atoms with E-state index in [0.717, 1.165) is 17.0 Å². The maximum absolute atomic E-state index is 12.5. The van der Waals surface area contributed by atoms with Crippen LogP contribution in [0.2, 0.25) is 0 Å². The van der Waals surface area contributed by atoms with Gasteiger partial charge in [0.2, 0.25) is 6.79 Å². The first-order chi connectivity index (χ1) is 12.1. The van der Waals surface area contributed by atoms with Crippen molar-refractivity contribution in [1.29, 1.82) is 0 Å². The number of fused-ring (bicyclic) bond motifs is 1. The Bertz CT molecular complexity index is 903. The Morgan fingerprint density at radius 2 is 1.88 bits per heavy atom. The SMILES string of the molecule is Cc1ccc(N=C2S/C(=C/c3ccc4c(c3)OCO4)C(=O)N2C)cc1. The van der Waals surface area contributed by atoms with Crippen LogP contribution in [0.4, 0.5) is 5.69 Å². The molecule has 1 saturated heterocycles. The molecular formula is C19H16N2O3S. The van der Waals surface area contributed by atoms with Crippen molar-refractivity contribution in [3.05, 3.63) is 58.5 Å². The van der Waals surface area contributed by atoms with Crippen molar-refractivity contribution < 1.29 is 14.3 Å². The van der Waals surface area contributed by atoms with Crippen molar-refractivity contribution in [1.82, 2.24) is 4.90 Å². The van der Waals surface area contributed by atoms with Gasteiger partial charge >= 0.3 is 0 Å². The average Bonchev–Trinajstić information content (AvgIpc) is 3.17. The van der Waals surface area contributed by atoms with Crippen molar-refractivity contribution in [3.63, 3.8) is 0 Å². The number of amidine groups is 1. The summed E-state index contributed by atoms with van der Waals surface area (Å²) in [5.74, 6) is 1.37. The Labute approximate surface area is 150 Å². The highest BCUT2D eigenvalue weighted by atomic mass is 32.2. The van der Waals surface area contributed by atoms with Crippen LogP contribution in [0.25, 0.3) is 6.08 Å². The van der Waals surface area contributed by atoms with Crippen LogP contribution in [-0.2, 0) is 4.79 Å². The predicted octanol–water partition coefficient (Wildman–Crippen LogP) is 3.96. The number of hydrogen-bond donors (Lipinski definition) is 0. The zero-order valence-electron chi connectivity index (χ0n) is 13.9. The summed E-state index contributed by atoms with van der Waals surface area (Å²) in [5.41, 5.74) is 2.90. The lowest BCUT2D eigenvalue weighted by molar-refractivity contribution is -0.121. The largest absolute Gasteiger partial charge is 0.454 e. The summed E-state index contributed by atoms with van der Waals surface area (Å²) >= 11 is 1.37. The highest BCUT2D eigenvalue weighted by Crippen LogP contribution is 2.36. The maximum Gasteiger partial charge on any atom is 0.266 e. The lowest BCUT2D eigenvalue weighted by Gasteiger charge is -2.07. The number of rotatable bonds is 2. The molecule has 2 aromatic rings. The van der Waals surface area contributed by atoms with Crippen LogP contribution >= 0.6 is 11.8 Å². The van der Waals surface area contributed by atoms with Crippen LogP contribution in [0.5, 0.6) is 11.5 Å². The molecule has 0 unspecified atom stereocenters. The molecule has 0 bridgehead atoms. The number of aryl methyl sites for hydroxylation is 1. The van der Waals surface area contributed by atoms with E-state index in [1.54, 1.807) is 11.9 Å². The van der Waals surface area contributed by atoms with E-state index in [2.05, 4.69) is 4.99 Å². The van der Waals surface area contributed by atoms with Crippen LogP contribution in [0.3, 0.4) is 0 Å². The molecule has 1 amide bonds. The number of hydrogen-bond acceptors (Lipinski definition) is 5. The maximum atomic E-state index is 12.5. The molecule has 2 aliphatic rings. The van der Waals surface area contributed by atoms with Gasteiger partial charge in [0, 0.05) is 7.05 Å². The van der Waals surface area contributed by atoms with Gasteiger partial charge in [-0.1, -0.05) is 23.8 Å². The molecule has 0 saturated carbocycles. The lowest BCUT2D eigenvalue weighted by atomic mass is 10.2. The summed E-state index contributed by atoms with van der Waals surface area (Å²) in [6, 6.07) is 13.5. The van der Waals surface area contributed by atoms with Crippen LogP contribution in [0, 0.1) is 6.92 Å². The van der Waals surface area contributed by atoms with E-state index in [-0.39, 0.29) is 12.7 Å². The summed E-state index contributed by atoms with van der Waals surface area (Å²) < 4.78 is 10.7. The van der Waals surface area contributed by atoms with Gasteiger partial charge < -0.3 is 9.47 Å². The Balaban J connectivity index is 1.61. The second-order valence-corrected chi connectivity index (χ2v) is 6.83. The third kappa shape index (κ3) is 3.13. The molecule has 2 aliphatic heterocycles. The summed E-state index contributed by atoms with van der Waals surface area (Å²) in [4.78, 5) is 19.3. The van der Waals surface area contributed by atoms with Gasteiger partial charge in [-0.25, -0.2) is 4.99 Å². The number of aliphatic imine (C=N–C) groups is 1. The van der Waals surface area contributed by atoms with Gasteiger partial charge in [-0.15, -0.1) is 0 Å². The summed E-state index contributed by atoms with van der Waals surface area (Å²) in [6.45, 7) is 2.27. The average molecular weight is 352 g/mol. The van der Waals surface area contributed by atoms with E-state index in [4.69, 9.17) is 9.47 Å². The Morgan fingerprint density at radius 3 is 2.68 bits per heavy atom. The van der Waals surface area contributed by atoms with Crippen LogP contribution in [0.1, 0.15) is 11.1 Å². The van der Waals surface area contributed by atoms with E-state index in [0.29, 0.717) is 15.8 Å². The molecule has 0 aliphatic carbocycles. The lowest BCUT2D eigenvalue weighted by Crippen LogP contribution is -2.23. The molecule has 2 heterocycles. The smallest absolute Gasteiger partial charge is 0.266 e. The molecule has 0 aromatic heterocycles. The number of amides is 1. The number of benzene rings is 2. The normalized spacial score (nSPS) is 19.3. The van der Waals surface area contributed by atoms with E-state index >= 15 is 0 Å². The van der Waals surface area contributed by atoms with Gasteiger partial charge in [0.1, 0.15) is 0 Å². The predicted molar refractivity (Wildman–Crippen MR) is 99.2 cm³/mol. The van der Waals surface area contributed by atoms with Crippen LogP contribution in [0.15, 0.2) is 52.4 Å². The molecule has 4 rings (SSSR count). The Kier molecular flexibility index (Phi) is 3.97. The van der Waals surface area contributed by atoms with Crippen molar-refractivity contribution in [2.45, 2.75) is 6.92 Å². The molecule has 126 valence electrons. The van der Waals surface area contributed by atoms with Crippen LogP contribution < -0.4 is 9.47 Å². The van der Waals surface area contributed by atoms with Gasteiger partial charge in [0.15, 0.2) is 16.7 Å². The second kappa shape index (κ2) is 6.29. The minimum Gasteiger partial charge on any atom is -0.454 e. The number of ether oxygens (including phenoxy) is 2. The van der Waals surface area contributed by atoms with E-state index in [9.17, 15) is 4.79 Å². The summed E-state index contributed by atoms with van der Waals surface area (Å²) in [6.07, 6.45) is 1.85. The Hall–Kier alpha value is -2.73. The minimum atomic E-state index is -0.0615. The van der Waals surface area contributed by atoms with E-state index in [1.807, 2.05) is 55.5 Å². The van der Waals surface area contributed by atoms with Crippen molar-refractivity contribution in [3.8, 4) is 11.5 Å². The molecule has 0 N–H and O–H groups in total. The Morgan fingerprint density at radius 1 is 1.12 bits per heavy atom. The van der Waals surface area contributed by atoms with Gasteiger partial charge in [0.05, 0.1) is 10.6 Å². The van der Waals surface area contributed by atoms with Gasteiger partial charge in [-0.05, 0) is 54.6 Å². The molecule has 2 aromatic carbocycles. The molecule has 0 atom stereocenters. The third-order valence-corrected chi connectivity index (χ3v) is 5.02. The molecule has 6 heteroatoms. The fraction of sp³-hybridized carbons (Fsp3) is 0.158. The van der Waals surface area contributed by atoms with Gasteiger partial charge in [0.25, 0.3) is 5.91 Å². The van der Waals surface area contributed by atoms with Crippen molar-refractivity contribution in [2.24, 2.45) is 4.99 Å². The zero-order valence-corrected chi connectivity index (χ0v) is 14.7. The van der Waals surface area contributed by atoms with Gasteiger partial charge in [-0.2, -0.15) is 0 Å². The zero-order chi connectivity index (χ0) is 17.4. The molecule has 1 fully saturated rings. The number of carbonyl (C=O) groups excluding carboxylic acids is 1. The highest BCUT2D eigenvalue weighted by molar-refractivity contribution is 8.18. The first-order valence-corrected chi connectivity index (χ1v) is 8.64. The number of thioether (sulfide) groups is 1. The number of carbonyl (C=O) groups is 1. The first-order valence-electron chi connectivity index (χ1n) is 7.83. The third-order valence-electron chi connectivity index (χ3n) is 3.96. The number of nitrogens with zero attached hydrogens (tertiary/aromatic N) is 2.